The molecule has 1 N–H and O–H groups in total. The van der Waals surface area contributed by atoms with Gasteiger partial charge in [-0.15, -0.1) is 0 Å². The first kappa shape index (κ1) is 12.8. The predicted molar refractivity (Wildman–Crippen MR) is 75.4 cm³/mol. The summed E-state index contributed by atoms with van der Waals surface area (Å²) in [5, 5.41) is 3.52. The van der Waals surface area contributed by atoms with Crippen molar-refractivity contribution in [3.8, 4) is 0 Å². The monoisotopic (exact) mass is 240 g/mol. The van der Waals surface area contributed by atoms with Gasteiger partial charge in [0.15, 0.2) is 0 Å². The summed E-state index contributed by atoms with van der Waals surface area (Å²) in [4.78, 5) is 4.32. The zero-order chi connectivity index (χ0) is 13.0. The van der Waals surface area contributed by atoms with Gasteiger partial charge in [-0.05, 0) is 44.0 Å². The van der Waals surface area contributed by atoms with Crippen molar-refractivity contribution in [3.05, 3.63) is 65.0 Å². The highest BCUT2D eigenvalue weighted by atomic mass is 14.9. The standard InChI is InChI=1S/C16H20N2/c1-12-7-8-13(2)16(10-12)14(3)18-11-15-6-4-5-9-17-15/h4-10,14,18H,11H2,1-3H3. The van der Waals surface area contributed by atoms with Gasteiger partial charge in [-0.2, -0.15) is 0 Å². The second kappa shape index (κ2) is 5.78. The van der Waals surface area contributed by atoms with Gasteiger partial charge in [0, 0.05) is 18.8 Å². The van der Waals surface area contributed by atoms with Crippen LogP contribution in [0.25, 0.3) is 0 Å². The van der Waals surface area contributed by atoms with Gasteiger partial charge in [-0.25, -0.2) is 0 Å². The highest BCUT2D eigenvalue weighted by Gasteiger charge is 2.08. The third kappa shape index (κ3) is 3.17. The third-order valence-electron chi connectivity index (χ3n) is 3.22. The molecule has 1 aromatic heterocycles. The summed E-state index contributed by atoms with van der Waals surface area (Å²) in [5.41, 5.74) is 5.09. The molecule has 0 aliphatic heterocycles. The number of hydrogen-bond acceptors (Lipinski definition) is 2. The van der Waals surface area contributed by atoms with Gasteiger partial charge in [0.25, 0.3) is 0 Å². The molecule has 0 saturated carbocycles. The molecular weight excluding hydrogens is 220 g/mol. The van der Waals surface area contributed by atoms with Crippen LogP contribution < -0.4 is 5.32 Å². The van der Waals surface area contributed by atoms with Crippen LogP contribution in [0.15, 0.2) is 42.6 Å². The Balaban J connectivity index is 2.03. The molecule has 0 saturated heterocycles. The van der Waals surface area contributed by atoms with E-state index >= 15 is 0 Å². The number of benzene rings is 1. The van der Waals surface area contributed by atoms with E-state index < -0.39 is 0 Å². The molecule has 94 valence electrons. The minimum absolute atomic E-state index is 0.340. The Kier molecular flexibility index (Phi) is 4.11. The van der Waals surface area contributed by atoms with E-state index in [0.717, 1.165) is 12.2 Å². The van der Waals surface area contributed by atoms with Crippen molar-refractivity contribution in [1.29, 1.82) is 0 Å². The van der Waals surface area contributed by atoms with Crippen molar-refractivity contribution in [2.24, 2.45) is 0 Å². The molecule has 1 atom stereocenters. The van der Waals surface area contributed by atoms with Gasteiger partial charge in [-0.3, -0.25) is 4.98 Å². The van der Waals surface area contributed by atoms with Gasteiger partial charge in [0.2, 0.25) is 0 Å². The first-order valence-electron chi connectivity index (χ1n) is 6.37. The highest BCUT2D eigenvalue weighted by Crippen LogP contribution is 2.19. The summed E-state index contributed by atoms with van der Waals surface area (Å²) >= 11 is 0. The molecule has 18 heavy (non-hydrogen) atoms. The Morgan fingerprint density at radius 1 is 1.17 bits per heavy atom. The maximum atomic E-state index is 4.32. The van der Waals surface area contributed by atoms with Crippen molar-refractivity contribution in [1.82, 2.24) is 10.3 Å². The fourth-order valence-electron chi connectivity index (χ4n) is 2.10. The van der Waals surface area contributed by atoms with Crippen LogP contribution in [0.2, 0.25) is 0 Å². The van der Waals surface area contributed by atoms with Gasteiger partial charge >= 0.3 is 0 Å². The van der Waals surface area contributed by atoms with E-state index in [9.17, 15) is 0 Å². The summed E-state index contributed by atoms with van der Waals surface area (Å²) in [6.45, 7) is 7.29. The number of hydrogen-bond donors (Lipinski definition) is 1. The second-order valence-corrected chi connectivity index (χ2v) is 4.78. The fourth-order valence-corrected chi connectivity index (χ4v) is 2.10. The van der Waals surface area contributed by atoms with E-state index in [0.29, 0.717) is 6.04 Å². The van der Waals surface area contributed by atoms with Crippen molar-refractivity contribution in [2.45, 2.75) is 33.4 Å². The van der Waals surface area contributed by atoms with Crippen molar-refractivity contribution < 1.29 is 0 Å². The Hall–Kier alpha value is -1.67. The molecule has 0 radical (unpaired) electrons. The van der Waals surface area contributed by atoms with E-state index in [1.165, 1.54) is 16.7 Å². The normalized spacial score (nSPS) is 12.4. The number of pyridine rings is 1. The Labute approximate surface area is 109 Å². The molecule has 1 heterocycles. The Bertz CT molecular complexity index is 506. The van der Waals surface area contributed by atoms with E-state index in [1.54, 1.807) is 0 Å². The average molecular weight is 240 g/mol. The lowest BCUT2D eigenvalue weighted by molar-refractivity contribution is 0.565. The number of nitrogens with one attached hydrogen (secondary N) is 1. The van der Waals surface area contributed by atoms with Crippen molar-refractivity contribution >= 4 is 0 Å². The quantitative estimate of drug-likeness (QED) is 0.884. The maximum Gasteiger partial charge on any atom is 0.0541 e. The van der Waals surface area contributed by atoms with E-state index in [1.807, 2.05) is 24.4 Å². The number of aromatic nitrogens is 1. The molecule has 2 heteroatoms. The van der Waals surface area contributed by atoms with Crippen LogP contribution in [0.1, 0.15) is 35.3 Å². The van der Waals surface area contributed by atoms with Gasteiger partial charge in [0.05, 0.1) is 5.69 Å². The maximum absolute atomic E-state index is 4.32. The molecule has 0 aliphatic rings. The van der Waals surface area contributed by atoms with Gasteiger partial charge < -0.3 is 5.32 Å². The van der Waals surface area contributed by atoms with Crippen LogP contribution in [0.3, 0.4) is 0 Å². The number of rotatable bonds is 4. The van der Waals surface area contributed by atoms with Gasteiger partial charge in [0.1, 0.15) is 0 Å². The lowest BCUT2D eigenvalue weighted by Crippen LogP contribution is -2.19. The summed E-state index contributed by atoms with van der Waals surface area (Å²) in [6, 6.07) is 12.9. The lowest BCUT2D eigenvalue weighted by Gasteiger charge is -2.17. The summed E-state index contributed by atoms with van der Waals surface area (Å²) < 4.78 is 0. The summed E-state index contributed by atoms with van der Waals surface area (Å²) in [6.07, 6.45) is 1.83. The minimum Gasteiger partial charge on any atom is -0.305 e. The lowest BCUT2D eigenvalue weighted by atomic mass is 10.00. The first-order valence-corrected chi connectivity index (χ1v) is 6.37. The van der Waals surface area contributed by atoms with Crippen molar-refractivity contribution in [2.75, 3.05) is 0 Å². The van der Waals surface area contributed by atoms with E-state index in [-0.39, 0.29) is 0 Å². The third-order valence-corrected chi connectivity index (χ3v) is 3.22. The molecule has 0 bridgehead atoms. The van der Waals surface area contributed by atoms with Crippen LogP contribution in [-0.2, 0) is 6.54 Å². The largest absolute Gasteiger partial charge is 0.305 e. The van der Waals surface area contributed by atoms with Crippen molar-refractivity contribution in [3.63, 3.8) is 0 Å². The number of aryl methyl sites for hydroxylation is 2. The van der Waals surface area contributed by atoms with Gasteiger partial charge in [-0.1, -0.05) is 29.8 Å². The predicted octanol–water partition coefficient (Wildman–Crippen LogP) is 3.55. The molecule has 1 unspecified atom stereocenters. The van der Waals surface area contributed by atoms with E-state index in [4.69, 9.17) is 0 Å². The molecule has 0 fully saturated rings. The van der Waals surface area contributed by atoms with E-state index in [2.05, 4.69) is 49.3 Å². The zero-order valence-electron chi connectivity index (χ0n) is 11.3. The SMILES string of the molecule is Cc1ccc(C)c(C(C)NCc2ccccn2)c1. The van der Waals surface area contributed by atoms with Crippen LogP contribution in [0.5, 0.6) is 0 Å². The zero-order valence-corrected chi connectivity index (χ0v) is 11.3. The first-order chi connectivity index (χ1) is 8.66. The Morgan fingerprint density at radius 2 is 2.00 bits per heavy atom. The van der Waals surface area contributed by atoms with Crippen LogP contribution >= 0.6 is 0 Å². The fraction of sp³-hybridized carbons (Fsp3) is 0.312. The smallest absolute Gasteiger partial charge is 0.0541 e. The van der Waals surface area contributed by atoms with Crippen LogP contribution in [0, 0.1) is 13.8 Å². The molecule has 0 aliphatic carbocycles. The van der Waals surface area contributed by atoms with Crippen LogP contribution in [-0.4, -0.2) is 4.98 Å². The molecule has 2 aromatic rings. The highest BCUT2D eigenvalue weighted by molar-refractivity contribution is 5.32. The Morgan fingerprint density at radius 3 is 2.72 bits per heavy atom. The van der Waals surface area contributed by atoms with Crippen LogP contribution in [0.4, 0.5) is 0 Å². The minimum atomic E-state index is 0.340. The molecule has 2 rings (SSSR count). The number of nitrogens with zero attached hydrogens (tertiary/aromatic N) is 1. The summed E-state index contributed by atoms with van der Waals surface area (Å²) in [7, 11) is 0. The topological polar surface area (TPSA) is 24.9 Å². The molecule has 0 spiro atoms. The molecular formula is C16H20N2. The molecule has 0 amide bonds. The summed E-state index contributed by atoms with van der Waals surface area (Å²) in [5.74, 6) is 0. The second-order valence-electron chi connectivity index (χ2n) is 4.78. The molecule has 1 aromatic carbocycles. The average Bonchev–Trinajstić information content (AvgIpc) is 2.40. The molecule has 2 nitrogen and oxygen atoms in total.